The number of alkyl halides is 3. The zero-order chi connectivity index (χ0) is 23.3. The topological polar surface area (TPSA) is 66.5 Å². The fourth-order valence-electron chi connectivity index (χ4n) is 3.55. The molecule has 1 amide bonds. The highest BCUT2D eigenvalue weighted by molar-refractivity contribution is 5.97. The summed E-state index contributed by atoms with van der Waals surface area (Å²) in [5.74, 6) is 0.325. The van der Waals surface area contributed by atoms with Gasteiger partial charge in [-0.15, -0.1) is 0 Å². The highest BCUT2D eigenvalue weighted by atomic mass is 19.4. The fourth-order valence-corrected chi connectivity index (χ4v) is 3.55. The molecule has 0 spiro atoms. The maximum atomic E-state index is 13.1. The predicted octanol–water partition coefficient (Wildman–Crippen LogP) is 4.73. The smallest absolute Gasteiger partial charge is 0.378 e. The summed E-state index contributed by atoms with van der Waals surface area (Å²) in [6.07, 6.45) is -2.86. The van der Waals surface area contributed by atoms with E-state index in [1.165, 1.54) is 12.1 Å². The molecule has 2 N–H and O–H groups in total. The van der Waals surface area contributed by atoms with Crippen molar-refractivity contribution in [2.45, 2.75) is 12.2 Å². The summed E-state index contributed by atoms with van der Waals surface area (Å²) < 4.78 is 44.5. The second-order valence-electron chi connectivity index (χ2n) is 7.56. The zero-order valence-electron chi connectivity index (χ0n) is 17.7. The molecule has 1 fully saturated rings. The summed E-state index contributed by atoms with van der Waals surface area (Å²) in [5, 5.41) is 5.74. The standard InChI is InChI=1S/C24H23F3N4O2/c25-24(26,27)18-7-4-8-19(15-18)30-23(32)22(17-5-2-1-3-6-17)29-20-9-10-21(28-16-20)31-11-13-33-14-12-31/h1-10,15-16,22,29H,11-14H2,(H,30,32)/t22-/m0/s1. The largest absolute Gasteiger partial charge is 0.416 e. The van der Waals surface area contributed by atoms with Gasteiger partial charge in [0.15, 0.2) is 0 Å². The molecule has 1 aliphatic rings. The molecule has 1 aromatic heterocycles. The van der Waals surface area contributed by atoms with E-state index in [1.807, 2.05) is 18.2 Å². The number of rotatable bonds is 6. The molecule has 0 aliphatic carbocycles. The lowest BCUT2D eigenvalue weighted by Crippen LogP contribution is -2.36. The molecular formula is C24H23F3N4O2. The lowest BCUT2D eigenvalue weighted by atomic mass is 10.1. The number of ether oxygens (including phenoxy) is 1. The Morgan fingerprint density at radius 3 is 2.39 bits per heavy atom. The molecule has 6 nitrogen and oxygen atoms in total. The van der Waals surface area contributed by atoms with Crippen LogP contribution >= 0.6 is 0 Å². The van der Waals surface area contributed by atoms with Crippen LogP contribution in [0, 0.1) is 0 Å². The van der Waals surface area contributed by atoms with E-state index in [9.17, 15) is 18.0 Å². The maximum absolute atomic E-state index is 13.1. The number of hydrogen-bond donors (Lipinski definition) is 2. The van der Waals surface area contributed by atoms with Crippen molar-refractivity contribution >= 4 is 23.1 Å². The van der Waals surface area contributed by atoms with E-state index in [2.05, 4.69) is 20.5 Å². The Labute approximate surface area is 189 Å². The molecular weight excluding hydrogens is 433 g/mol. The summed E-state index contributed by atoms with van der Waals surface area (Å²) in [6.45, 7) is 2.80. The van der Waals surface area contributed by atoms with Crippen LogP contribution in [0.4, 0.5) is 30.4 Å². The summed E-state index contributed by atoms with van der Waals surface area (Å²) in [5.41, 5.74) is 0.519. The normalized spacial score (nSPS) is 15.1. The highest BCUT2D eigenvalue weighted by Crippen LogP contribution is 2.31. The predicted molar refractivity (Wildman–Crippen MR) is 120 cm³/mol. The van der Waals surface area contributed by atoms with Gasteiger partial charge in [-0.2, -0.15) is 13.2 Å². The Morgan fingerprint density at radius 2 is 1.73 bits per heavy atom. The van der Waals surface area contributed by atoms with Gasteiger partial charge in [0.1, 0.15) is 11.9 Å². The van der Waals surface area contributed by atoms with Crippen LogP contribution in [-0.2, 0) is 15.7 Å². The summed E-state index contributed by atoms with van der Waals surface area (Å²) in [4.78, 5) is 19.7. The summed E-state index contributed by atoms with van der Waals surface area (Å²) >= 11 is 0. The van der Waals surface area contributed by atoms with Crippen LogP contribution in [0.15, 0.2) is 72.9 Å². The molecule has 0 saturated carbocycles. The number of morpholine rings is 1. The van der Waals surface area contributed by atoms with E-state index in [0.717, 1.165) is 31.0 Å². The lowest BCUT2D eigenvalue weighted by molar-refractivity contribution is -0.137. The minimum Gasteiger partial charge on any atom is -0.378 e. The third-order valence-corrected chi connectivity index (χ3v) is 5.25. The number of nitrogens with one attached hydrogen (secondary N) is 2. The number of nitrogens with zero attached hydrogens (tertiary/aromatic N) is 2. The van der Waals surface area contributed by atoms with Crippen LogP contribution in [-0.4, -0.2) is 37.2 Å². The Kier molecular flexibility index (Phi) is 6.79. The molecule has 172 valence electrons. The molecule has 0 radical (unpaired) electrons. The second-order valence-corrected chi connectivity index (χ2v) is 7.56. The molecule has 2 heterocycles. The Morgan fingerprint density at radius 1 is 0.970 bits per heavy atom. The monoisotopic (exact) mass is 456 g/mol. The Bertz CT molecular complexity index is 1070. The third kappa shape index (κ3) is 5.81. The molecule has 1 saturated heterocycles. The van der Waals surface area contributed by atoms with Gasteiger partial charge in [0.25, 0.3) is 5.91 Å². The van der Waals surface area contributed by atoms with Crippen LogP contribution in [0.25, 0.3) is 0 Å². The van der Waals surface area contributed by atoms with Crippen LogP contribution in [0.5, 0.6) is 0 Å². The zero-order valence-corrected chi connectivity index (χ0v) is 17.7. The maximum Gasteiger partial charge on any atom is 0.416 e. The molecule has 9 heteroatoms. The van der Waals surface area contributed by atoms with Gasteiger partial charge in [0.05, 0.1) is 30.7 Å². The molecule has 1 aliphatic heterocycles. The fraction of sp³-hybridized carbons (Fsp3) is 0.250. The first-order chi connectivity index (χ1) is 15.9. The first kappa shape index (κ1) is 22.6. The van der Waals surface area contributed by atoms with Crippen molar-refractivity contribution in [2.75, 3.05) is 41.8 Å². The molecule has 0 bridgehead atoms. The van der Waals surface area contributed by atoms with Crippen LogP contribution in [0.3, 0.4) is 0 Å². The number of anilines is 3. The lowest BCUT2D eigenvalue weighted by Gasteiger charge is -2.28. The van der Waals surface area contributed by atoms with Crippen LogP contribution in [0.1, 0.15) is 17.2 Å². The van der Waals surface area contributed by atoms with Crippen LogP contribution < -0.4 is 15.5 Å². The molecule has 1 atom stereocenters. The average molecular weight is 456 g/mol. The number of benzene rings is 2. The SMILES string of the molecule is O=C(Nc1cccc(C(F)(F)F)c1)[C@@H](Nc1ccc(N2CCOCC2)nc1)c1ccccc1. The molecule has 0 unspecified atom stereocenters. The van der Waals surface area contributed by atoms with Crippen molar-refractivity contribution in [3.8, 4) is 0 Å². The Balaban J connectivity index is 1.53. The number of aromatic nitrogens is 1. The van der Waals surface area contributed by atoms with E-state index < -0.39 is 23.7 Å². The molecule has 2 aromatic carbocycles. The summed E-state index contributed by atoms with van der Waals surface area (Å²) in [6, 6.07) is 16.4. The van der Waals surface area contributed by atoms with Gasteiger partial charge in [-0.05, 0) is 35.9 Å². The Hall–Kier alpha value is -3.59. The van der Waals surface area contributed by atoms with E-state index in [-0.39, 0.29) is 5.69 Å². The van der Waals surface area contributed by atoms with Crippen LogP contribution in [0.2, 0.25) is 0 Å². The molecule has 33 heavy (non-hydrogen) atoms. The van der Waals surface area contributed by atoms with E-state index in [0.29, 0.717) is 24.5 Å². The van der Waals surface area contributed by atoms with Crippen molar-refractivity contribution in [2.24, 2.45) is 0 Å². The van der Waals surface area contributed by atoms with Crippen molar-refractivity contribution in [3.63, 3.8) is 0 Å². The molecule has 3 aromatic rings. The second kappa shape index (κ2) is 9.91. The summed E-state index contributed by atoms with van der Waals surface area (Å²) in [7, 11) is 0. The average Bonchev–Trinajstić information content (AvgIpc) is 2.83. The quantitative estimate of drug-likeness (QED) is 0.562. The van der Waals surface area contributed by atoms with Gasteiger partial charge in [-0.1, -0.05) is 36.4 Å². The number of carbonyl (C=O) groups is 1. The van der Waals surface area contributed by atoms with Crippen molar-refractivity contribution in [1.82, 2.24) is 4.98 Å². The van der Waals surface area contributed by atoms with Crippen molar-refractivity contribution in [3.05, 3.63) is 84.1 Å². The van der Waals surface area contributed by atoms with Gasteiger partial charge in [-0.25, -0.2) is 4.98 Å². The van der Waals surface area contributed by atoms with Crippen molar-refractivity contribution in [1.29, 1.82) is 0 Å². The number of halogens is 3. The number of hydrogen-bond acceptors (Lipinski definition) is 5. The van der Waals surface area contributed by atoms with Gasteiger partial charge in [0, 0.05) is 18.8 Å². The minimum absolute atomic E-state index is 0.0679. The van der Waals surface area contributed by atoms with E-state index in [4.69, 9.17) is 4.74 Å². The first-order valence-electron chi connectivity index (χ1n) is 10.5. The number of pyridine rings is 1. The first-order valence-corrected chi connectivity index (χ1v) is 10.5. The van der Waals surface area contributed by atoms with Gasteiger partial charge < -0.3 is 20.3 Å². The minimum atomic E-state index is -4.49. The number of amides is 1. The van der Waals surface area contributed by atoms with Gasteiger partial charge >= 0.3 is 6.18 Å². The number of carbonyl (C=O) groups excluding carboxylic acids is 1. The third-order valence-electron chi connectivity index (χ3n) is 5.25. The highest BCUT2D eigenvalue weighted by Gasteiger charge is 2.31. The molecule has 4 rings (SSSR count). The van der Waals surface area contributed by atoms with Gasteiger partial charge in [0.2, 0.25) is 0 Å². The van der Waals surface area contributed by atoms with Gasteiger partial charge in [-0.3, -0.25) is 4.79 Å². The van der Waals surface area contributed by atoms with E-state index >= 15 is 0 Å². The van der Waals surface area contributed by atoms with E-state index in [1.54, 1.807) is 30.5 Å². The van der Waals surface area contributed by atoms with Crippen molar-refractivity contribution < 1.29 is 22.7 Å².